The highest BCUT2D eigenvalue weighted by molar-refractivity contribution is 9.10. The molecule has 3 rings (SSSR count). The number of halogens is 2. The van der Waals surface area contributed by atoms with E-state index in [4.69, 9.17) is 16.3 Å². The summed E-state index contributed by atoms with van der Waals surface area (Å²) in [4.78, 5) is 17.0. The summed E-state index contributed by atoms with van der Waals surface area (Å²) < 4.78 is 6.27. The molecule has 0 radical (unpaired) electrons. The Morgan fingerprint density at radius 2 is 2.12 bits per heavy atom. The van der Waals surface area contributed by atoms with Crippen LogP contribution >= 0.6 is 27.5 Å². The summed E-state index contributed by atoms with van der Waals surface area (Å²) in [6, 6.07) is 9.05. The zero-order valence-electron chi connectivity index (χ0n) is 13.0. The molecule has 126 valence electrons. The van der Waals surface area contributed by atoms with Crippen LogP contribution in [-0.2, 0) is 4.74 Å². The van der Waals surface area contributed by atoms with Crippen molar-refractivity contribution in [2.45, 2.75) is 18.9 Å². The number of carbonyl (C=O) groups is 1. The summed E-state index contributed by atoms with van der Waals surface area (Å²) >= 11 is 9.58. The summed E-state index contributed by atoms with van der Waals surface area (Å²) in [5.41, 5.74) is 1.47. The molecule has 0 aliphatic carbocycles. The van der Waals surface area contributed by atoms with Crippen molar-refractivity contribution in [1.82, 2.24) is 10.3 Å². The standard InChI is InChI=1S/C18H18BrClN2O2/c19-14-3-4-16(20)15(10-14)18(23)22-17(12-5-8-24-9-6-12)13-2-1-7-21-11-13/h1-4,7,10-12,17H,5-6,8-9H2,(H,22,23)/t17-/m0/s1. The van der Waals surface area contributed by atoms with Crippen molar-refractivity contribution in [3.8, 4) is 0 Å². The van der Waals surface area contributed by atoms with Crippen LogP contribution in [0, 0.1) is 5.92 Å². The van der Waals surface area contributed by atoms with Gasteiger partial charge in [0.1, 0.15) is 0 Å². The van der Waals surface area contributed by atoms with Gasteiger partial charge in [-0.05, 0) is 48.6 Å². The van der Waals surface area contributed by atoms with Gasteiger partial charge >= 0.3 is 0 Å². The number of ether oxygens (including phenoxy) is 1. The van der Waals surface area contributed by atoms with Crippen molar-refractivity contribution < 1.29 is 9.53 Å². The summed E-state index contributed by atoms with van der Waals surface area (Å²) in [6.45, 7) is 1.43. The van der Waals surface area contributed by atoms with Gasteiger partial charge in [-0.25, -0.2) is 0 Å². The number of carbonyl (C=O) groups excluding carboxylic acids is 1. The van der Waals surface area contributed by atoms with Crippen LogP contribution in [0.2, 0.25) is 5.02 Å². The third kappa shape index (κ3) is 4.15. The van der Waals surface area contributed by atoms with Gasteiger partial charge in [-0.1, -0.05) is 33.6 Å². The van der Waals surface area contributed by atoms with Gasteiger partial charge in [0.05, 0.1) is 16.6 Å². The van der Waals surface area contributed by atoms with E-state index in [-0.39, 0.29) is 11.9 Å². The monoisotopic (exact) mass is 408 g/mol. The maximum Gasteiger partial charge on any atom is 0.253 e. The highest BCUT2D eigenvalue weighted by atomic mass is 79.9. The number of amides is 1. The fraction of sp³-hybridized carbons (Fsp3) is 0.333. The van der Waals surface area contributed by atoms with Crippen molar-refractivity contribution in [3.63, 3.8) is 0 Å². The van der Waals surface area contributed by atoms with Gasteiger partial charge in [-0.15, -0.1) is 0 Å². The molecule has 4 nitrogen and oxygen atoms in total. The van der Waals surface area contributed by atoms with E-state index < -0.39 is 0 Å². The van der Waals surface area contributed by atoms with E-state index in [0.717, 1.165) is 36.1 Å². The van der Waals surface area contributed by atoms with E-state index in [1.54, 1.807) is 18.3 Å². The first kappa shape index (κ1) is 17.4. The number of nitrogens with one attached hydrogen (secondary N) is 1. The first-order valence-electron chi connectivity index (χ1n) is 7.89. The number of benzene rings is 1. The van der Waals surface area contributed by atoms with Gasteiger partial charge in [-0.2, -0.15) is 0 Å². The van der Waals surface area contributed by atoms with Crippen molar-refractivity contribution in [2.24, 2.45) is 5.92 Å². The molecule has 0 saturated carbocycles. The molecule has 0 bridgehead atoms. The molecular formula is C18H18BrClN2O2. The Balaban J connectivity index is 1.85. The molecule has 0 unspecified atom stereocenters. The highest BCUT2D eigenvalue weighted by Crippen LogP contribution is 2.31. The molecular weight excluding hydrogens is 392 g/mol. The number of rotatable bonds is 4. The van der Waals surface area contributed by atoms with Crippen molar-refractivity contribution in [3.05, 3.63) is 63.3 Å². The Morgan fingerprint density at radius 1 is 1.33 bits per heavy atom. The molecule has 1 aliphatic heterocycles. The van der Waals surface area contributed by atoms with Crippen molar-refractivity contribution >= 4 is 33.4 Å². The summed E-state index contributed by atoms with van der Waals surface area (Å²) in [5, 5.41) is 3.59. The lowest BCUT2D eigenvalue weighted by Gasteiger charge is -2.31. The topological polar surface area (TPSA) is 51.2 Å². The lowest BCUT2D eigenvalue weighted by atomic mass is 9.87. The Hall–Kier alpha value is -1.43. The SMILES string of the molecule is O=C(N[C@H](c1cccnc1)C1CCOCC1)c1cc(Br)ccc1Cl. The fourth-order valence-corrected chi connectivity index (χ4v) is 3.54. The molecule has 1 fully saturated rings. The average Bonchev–Trinajstić information content (AvgIpc) is 2.63. The molecule has 1 N–H and O–H groups in total. The van der Waals surface area contributed by atoms with E-state index in [1.807, 2.05) is 24.4 Å². The largest absolute Gasteiger partial charge is 0.381 e. The summed E-state index contributed by atoms with van der Waals surface area (Å²) in [7, 11) is 0. The molecule has 1 aromatic carbocycles. The van der Waals surface area contributed by atoms with E-state index in [2.05, 4.69) is 26.2 Å². The number of hydrogen-bond acceptors (Lipinski definition) is 3. The van der Waals surface area contributed by atoms with Crippen LogP contribution in [0.1, 0.15) is 34.8 Å². The fourth-order valence-electron chi connectivity index (χ4n) is 2.97. The minimum Gasteiger partial charge on any atom is -0.381 e. The van der Waals surface area contributed by atoms with Crippen LogP contribution in [0.4, 0.5) is 0 Å². The summed E-state index contributed by atoms with van der Waals surface area (Å²) in [5.74, 6) is 0.138. The van der Waals surface area contributed by atoms with E-state index in [0.29, 0.717) is 16.5 Å². The molecule has 24 heavy (non-hydrogen) atoms. The first-order valence-corrected chi connectivity index (χ1v) is 9.06. The van der Waals surface area contributed by atoms with Crippen molar-refractivity contribution in [1.29, 1.82) is 0 Å². The highest BCUT2D eigenvalue weighted by Gasteiger charge is 2.28. The lowest BCUT2D eigenvalue weighted by Crippen LogP contribution is -2.36. The third-order valence-corrected chi connectivity index (χ3v) is 5.06. The zero-order valence-corrected chi connectivity index (χ0v) is 15.4. The van der Waals surface area contributed by atoms with Crippen LogP contribution < -0.4 is 5.32 Å². The second-order valence-electron chi connectivity index (χ2n) is 5.81. The molecule has 1 amide bonds. The quantitative estimate of drug-likeness (QED) is 0.814. The minimum absolute atomic E-state index is 0.106. The number of pyridine rings is 1. The number of nitrogens with zero attached hydrogens (tertiary/aromatic N) is 1. The second kappa shape index (κ2) is 8.10. The van der Waals surface area contributed by atoms with Gasteiger partial charge in [0, 0.05) is 30.1 Å². The van der Waals surface area contributed by atoms with Crippen LogP contribution in [0.3, 0.4) is 0 Å². The Labute approximate surface area is 154 Å². The van der Waals surface area contributed by atoms with E-state index in [1.165, 1.54) is 0 Å². The average molecular weight is 410 g/mol. The van der Waals surface area contributed by atoms with E-state index in [9.17, 15) is 4.79 Å². The molecule has 1 atom stereocenters. The van der Waals surface area contributed by atoms with Crippen molar-refractivity contribution in [2.75, 3.05) is 13.2 Å². The van der Waals surface area contributed by atoms with Gasteiger partial charge in [0.25, 0.3) is 5.91 Å². The molecule has 1 aliphatic rings. The van der Waals surface area contributed by atoms with Crippen LogP contribution in [-0.4, -0.2) is 24.1 Å². The number of aromatic nitrogens is 1. The Bertz CT molecular complexity index is 705. The maximum atomic E-state index is 12.8. The van der Waals surface area contributed by atoms with Gasteiger partial charge in [0.2, 0.25) is 0 Å². The predicted octanol–water partition coefficient (Wildman–Crippen LogP) is 4.40. The molecule has 2 aromatic rings. The first-order chi connectivity index (χ1) is 11.6. The van der Waals surface area contributed by atoms with Gasteiger partial charge in [-0.3, -0.25) is 9.78 Å². The zero-order chi connectivity index (χ0) is 16.9. The van der Waals surface area contributed by atoms with Crippen LogP contribution in [0.15, 0.2) is 47.2 Å². The maximum absolute atomic E-state index is 12.8. The molecule has 1 saturated heterocycles. The number of hydrogen-bond donors (Lipinski definition) is 1. The van der Waals surface area contributed by atoms with Gasteiger partial charge in [0.15, 0.2) is 0 Å². The Morgan fingerprint density at radius 3 is 2.83 bits per heavy atom. The molecule has 0 spiro atoms. The predicted molar refractivity (Wildman–Crippen MR) is 97.1 cm³/mol. The smallest absolute Gasteiger partial charge is 0.253 e. The minimum atomic E-state index is -0.179. The molecule has 2 heterocycles. The summed E-state index contributed by atoms with van der Waals surface area (Å²) in [6.07, 6.45) is 5.36. The van der Waals surface area contributed by atoms with E-state index >= 15 is 0 Å². The van der Waals surface area contributed by atoms with Gasteiger partial charge < -0.3 is 10.1 Å². The third-order valence-electron chi connectivity index (χ3n) is 4.24. The Kier molecular flexibility index (Phi) is 5.87. The lowest BCUT2D eigenvalue weighted by molar-refractivity contribution is 0.0513. The molecule has 6 heteroatoms. The second-order valence-corrected chi connectivity index (χ2v) is 7.13. The molecule has 1 aromatic heterocycles. The normalized spacial score (nSPS) is 16.6. The van der Waals surface area contributed by atoms with Crippen LogP contribution in [0.25, 0.3) is 0 Å². The van der Waals surface area contributed by atoms with Crippen LogP contribution in [0.5, 0.6) is 0 Å².